The molecule has 0 spiro atoms. The van der Waals surface area contributed by atoms with Crippen molar-refractivity contribution in [3.63, 3.8) is 0 Å². The van der Waals surface area contributed by atoms with E-state index in [0.29, 0.717) is 54.2 Å². The lowest BCUT2D eigenvalue weighted by Gasteiger charge is -2.31. The summed E-state index contributed by atoms with van der Waals surface area (Å²) >= 11 is 0. The van der Waals surface area contributed by atoms with Crippen LogP contribution in [0.5, 0.6) is 11.5 Å². The summed E-state index contributed by atoms with van der Waals surface area (Å²) in [5.41, 5.74) is 2.04. The number of amides is 1. The van der Waals surface area contributed by atoms with Gasteiger partial charge in [-0.1, -0.05) is 6.07 Å². The lowest BCUT2D eigenvalue weighted by molar-refractivity contribution is -0.140. The minimum absolute atomic E-state index is 0.0160. The van der Waals surface area contributed by atoms with Gasteiger partial charge in [-0.15, -0.1) is 0 Å². The van der Waals surface area contributed by atoms with Crippen molar-refractivity contribution >= 4 is 11.7 Å². The molecule has 3 aromatic rings. The molecule has 2 aliphatic rings. The summed E-state index contributed by atoms with van der Waals surface area (Å²) in [4.78, 5) is 25.8. The van der Waals surface area contributed by atoms with Crippen molar-refractivity contribution < 1.29 is 27.4 Å². The number of aliphatic imine (C=N–C) groups is 1. The average molecular weight is 553 g/mol. The number of likely N-dealkylation sites (tertiary alicyclic amines) is 1. The molecule has 0 unspecified atom stereocenters. The Labute approximate surface area is 231 Å². The van der Waals surface area contributed by atoms with Crippen molar-refractivity contribution in [2.45, 2.75) is 38.5 Å². The van der Waals surface area contributed by atoms with Crippen LogP contribution in [0.3, 0.4) is 0 Å². The van der Waals surface area contributed by atoms with Crippen LogP contribution in [0.15, 0.2) is 53.7 Å². The molecule has 10 heteroatoms. The Hall–Kier alpha value is -4.08. The van der Waals surface area contributed by atoms with E-state index >= 15 is 0 Å². The minimum atomic E-state index is -4.63. The normalized spacial score (nSPS) is 16.4. The van der Waals surface area contributed by atoms with Crippen molar-refractivity contribution in [2.24, 2.45) is 4.99 Å². The SMILES string of the molecule is CN=C1CCCN1Cc1cc2c(c(-c3cccnc3C(F)(F)F)c1)CCN(Cc1cc(OC)cc(OC)c1)C2=O. The number of hydrogen-bond acceptors (Lipinski definition) is 5. The highest BCUT2D eigenvalue weighted by atomic mass is 19.4. The molecule has 0 radical (unpaired) electrons. The van der Waals surface area contributed by atoms with Gasteiger partial charge in [0.1, 0.15) is 11.5 Å². The predicted octanol–water partition coefficient (Wildman–Crippen LogP) is 5.61. The van der Waals surface area contributed by atoms with Gasteiger partial charge in [-0.2, -0.15) is 13.2 Å². The van der Waals surface area contributed by atoms with Gasteiger partial charge in [-0.05, 0) is 65.4 Å². The Kier molecular flexibility index (Phi) is 7.69. The van der Waals surface area contributed by atoms with Crippen LogP contribution in [-0.2, 0) is 25.7 Å². The Morgan fingerprint density at radius 3 is 2.25 bits per heavy atom. The maximum absolute atomic E-state index is 14.0. The number of nitrogens with zero attached hydrogens (tertiary/aromatic N) is 4. The lowest BCUT2D eigenvalue weighted by Crippen LogP contribution is -2.37. The number of amidine groups is 1. The molecule has 1 fully saturated rings. The zero-order valence-corrected chi connectivity index (χ0v) is 22.7. The van der Waals surface area contributed by atoms with E-state index in [0.717, 1.165) is 42.5 Å². The fraction of sp³-hybridized carbons (Fsp3) is 0.367. The third-order valence-corrected chi connectivity index (χ3v) is 7.44. The molecule has 0 saturated carbocycles. The summed E-state index contributed by atoms with van der Waals surface area (Å²) in [5.74, 6) is 1.95. The van der Waals surface area contributed by atoms with E-state index in [1.54, 1.807) is 38.3 Å². The van der Waals surface area contributed by atoms with Crippen molar-refractivity contribution in [3.8, 4) is 22.6 Å². The maximum atomic E-state index is 14.0. The second kappa shape index (κ2) is 11.2. The van der Waals surface area contributed by atoms with E-state index in [-0.39, 0.29) is 11.5 Å². The van der Waals surface area contributed by atoms with Crippen molar-refractivity contribution in [1.82, 2.24) is 14.8 Å². The highest BCUT2D eigenvalue weighted by Crippen LogP contribution is 2.40. The number of methoxy groups -OCH3 is 2. The van der Waals surface area contributed by atoms with Crippen molar-refractivity contribution in [3.05, 3.63) is 76.6 Å². The fourth-order valence-electron chi connectivity index (χ4n) is 5.58. The van der Waals surface area contributed by atoms with E-state index in [9.17, 15) is 18.0 Å². The molecule has 7 nitrogen and oxygen atoms in total. The number of carbonyl (C=O) groups excluding carboxylic acids is 1. The van der Waals surface area contributed by atoms with Gasteiger partial charge >= 0.3 is 6.18 Å². The van der Waals surface area contributed by atoms with Crippen LogP contribution in [-0.4, -0.2) is 60.9 Å². The van der Waals surface area contributed by atoms with Crippen LogP contribution in [0.25, 0.3) is 11.1 Å². The third-order valence-electron chi connectivity index (χ3n) is 7.44. The van der Waals surface area contributed by atoms with Crippen LogP contribution < -0.4 is 9.47 Å². The predicted molar refractivity (Wildman–Crippen MR) is 146 cm³/mol. The average Bonchev–Trinajstić information content (AvgIpc) is 3.40. The number of halogens is 3. The molecule has 0 N–H and O–H groups in total. The van der Waals surface area contributed by atoms with Gasteiger partial charge < -0.3 is 19.3 Å². The van der Waals surface area contributed by atoms with Crippen LogP contribution in [0, 0.1) is 0 Å². The molecule has 0 bridgehead atoms. The summed E-state index contributed by atoms with van der Waals surface area (Å²) in [6, 6.07) is 12.0. The molecule has 0 atom stereocenters. The molecular weight excluding hydrogens is 521 g/mol. The monoisotopic (exact) mass is 552 g/mol. The van der Waals surface area contributed by atoms with Crippen molar-refractivity contribution in [1.29, 1.82) is 0 Å². The van der Waals surface area contributed by atoms with Crippen LogP contribution in [0.2, 0.25) is 0 Å². The third kappa shape index (κ3) is 5.48. The van der Waals surface area contributed by atoms with E-state index < -0.39 is 11.9 Å². The molecule has 1 saturated heterocycles. The number of aromatic nitrogens is 1. The smallest absolute Gasteiger partial charge is 0.433 e. The van der Waals surface area contributed by atoms with Crippen LogP contribution >= 0.6 is 0 Å². The zero-order chi connectivity index (χ0) is 28.4. The largest absolute Gasteiger partial charge is 0.497 e. The molecular formula is C30H31F3N4O3. The van der Waals surface area contributed by atoms with Gasteiger partial charge in [0.05, 0.1) is 20.1 Å². The Balaban J connectivity index is 1.57. The molecule has 1 aromatic heterocycles. The topological polar surface area (TPSA) is 67.3 Å². The van der Waals surface area contributed by atoms with Gasteiger partial charge in [0.15, 0.2) is 5.69 Å². The summed E-state index contributed by atoms with van der Waals surface area (Å²) in [5, 5.41) is 0. The number of fused-ring (bicyclic) bond motifs is 1. The number of rotatable bonds is 7. The summed E-state index contributed by atoms with van der Waals surface area (Å²) in [7, 11) is 4.87. The van der Waals surface area contributed by atoms with Crippen LogP contribution in [0.1, 0.15) is 45.6 Å². The zero-order valence-electron chi connectivity index (χ0n) is 22.7. The van der Waals surface area contributed by atoms with E-state index in [1.807, 2.05) is 18.2 Å². The number of hydrogen-bond donors (Lipinski definition) is 0. The van der Waals surface area contributed by atoms with Gasteiger partial charge in [0.2, 0.25) is 0 Å². The number of ether oxygens (including phenoxy) is 2. The molecule has 210 valence electrons. The second-order valence-electron chi connectivity index (χ2n) is 9.93. The quantitative estimate of drug-likeness (QED) is 0.381. The number of pyridine rings is 1. The lowest BCUT2D eigenvalue weighted by atomic mass is 9.87. The van der Waals surface area contributed by atoms with Gasteiger partial charge in [0, 0.05) is 63.0 Å². The number of carbonyl (C=O) groups is 1. The van der Waals surface area contributed by atoms with E-state index in [1.165, 1.54) is 12.1 Å². The number of alkyl halides is 3. The molecule has 5 rings (SSSR count). The Morgan fingerprint density at radius 2 is 1.57 bits per heavy atom. The van der Waals surface area contributed by atoms with Gasteiger partial charge in [0.25, 0.3) is 5.91 Å². The first kappa shape index (κ1) is 27.5. The molecule has 2 aromatic carbocycles. The Bertz CT molecular complexity index is 1430. The first-order chi connectivity index (χ1) is 19.2. The molecule has 1 amide bonds. The van der Waals surface area contributed by atoms with Gasteiger partial charge in [-0.3, -0.25) is 14.8 Å². The molecule has 3 heterocycles. The Morgan fingerprint density at radius 1 is 0.900 bits per heavy atom. The van der Waals surface area contributed by atoms with E-state index in [2.05, 4.69) is 14.9 Å². The van der Waals surface area contributed by atoms with Gasteiger partial charge in [-0.25, -0.2) is 0 Å². The molecule has 0 aliphatic carbocycles. The number of benzene rings is 2. The molecule has 2 aliphatic heterocycles. The summed E-state index contributed by atoms with van der Waals surface area (Å²) < 4.78 is 52.8. The first-order valence-electron chi connectivity index (χ1n) is 13.1. The maximum Gasteiger partial charge on any atom is 0.433 e. The fourth-order valence-corrected chi connectivity index (χ4v) is 5.58. The standard InChI is InChI=1S/C30H31F3N4O3/c1-34-27-7-5-10-36(27)17-20-14-25(24-6-4-9-35-28(24)30(31,32)33)23-8-11-37(29(38)26(23)15-20)18-19-12-21(39-2)16-22(13-19)40-3/h4,6,9,12-16H,5,7-8,10-11,17-18H2,1-3H3. The summed E-state index contributed by atoms with van der Waals surface area (Å²) in [6.07, 6.45) is -1.26. The van der Waals surface area contributed by atoms with E-state index in [4.69, 9.17) is 9.47 Å². The highest BCUT2D eigenvalue weighted by molar-refractivity contribution is 5.99. The van der Waals surface area contributed by atoms with Crippen LogP contribution in [0.4, 0.5) is 13.2 Å². The van der Waals surface area contributed by atoms with Crippen molar-refractivity contribution in [2.75, 3.05) is 34.4 Å². The first-order valence-corrected chi connectivity index (χ1v) is 13.1. The minimum Gasteiger partial charge on any atom is -0.497 e. The summed E-state index contributed by atoms with van der Waals surface area (Å²) in [6.45, 7) is 1.93. The highest BCUT2D eigenvalue weighted by Gasteiger charge is 2.37. The molecule has 40 heavy (non-hydrogen) atoms. The second-order valence-corrected chi connectivity index (χ2v) is 9.93.